The normalized spacial score (nSPS) is 10.3. The zero-order valence-electron chi connectivity index (χ0n) is 7.79. The Morgan fingerprint density at radius 2 is 1.85 bits per heavy atom. The van der Waals surface area contributed by atoms with Crippen molar-refractivity contribution in [3.05, 3.63) is 46.2 Å². The average molecular weight is 187 g/mol. The van der Waals surface area contributed by atoms with Crippen molar-refractivity contribution in [1.82, 2.24) is 0 Å². The van der Waals surface area contributed by atoms with Gasteiger partial charge in [-0.1, -0.05) is 18.2 Å². The van der Waals surface area contributed by atoms with Crippen molar-refractivity contribution >= 4 is 11.3 Å². The molecule has 0 saturated carbocycles. The molecule has 0 saturated heterocycles. The van der Waals surface area contributed by atoms with Crippen LogP contribution in [0, 0.1) is 19.2 Å². The first-order chi connectivity index (χ1) is 6.29. The SMILES string of the molecule is Cc1cccc(C)c1-c1c[c]sc1. The molecule has 1 heterocycles. The molecule has 1 aromatic carbocycles. The summed E-state index contributed by atoms with van der Waals surface area (Å²) >= 11 is 1.63. The summed E-state index contributed by atoms with van der Waals surface area (Å²) < 4.78 is 0. The summed E-state index contributed by atoms with van der Waals surface area (Å²) in [6.45, 7) is 4.31. The molecule has 2 rings (SSSR count). The van der Waals surface area contributed by atoms with Crippen LogP contribution in [0.25, 0.3) is 11.1 Å². The highest BCUT2D eigenvalue weighted by molar-refractivity contribution is 7.07. The van der Waals surface area contributed by atoms with Crippen LogP contribution in [0.4, 0.5) is 0 Å². The van der Waals surface area contributed by atoms with E-state index in [1.807, 2.05) is 0 Å². The van der Waals surface area contributed by atoms with Crippen LogP contribution in [0.5, 0.6) is 0 Å². The molecular weight excluding hydrogens is 176 g/mol. The second kappa shape index (κ2) is 3.35. The van der Waals surface area contributed by atoms with Crippen molar-refractivity contribution < 1.29 is 0 Å². The lowest BCUT2D eigenvalue weighted by atomic mass is 9.98. The number of hydrogen-bond donors (Lipinski definition) is 0. The fourth-order valence-corrected chi connectivity index (χ4v) is 2.21. The van der Waals surface area contributed by atoms with Gasteiger partial charge in [-0.05, 0) is 47.5 Å². The maximum absolute atomic E-state index is 3.12. The fourth-order valence-electron chi connectivity index (χ4n) is 1.63. The van der Waals surface area contributed by atoms with Crippen molar-refractivity contribution in [1.29, 1.82) is 0 Å². The smallest absolute Gasteiger partial charge is 0.0449 e. The van der Waals surface area contributed by atoms with Gasteiger partial charge in [0.05, 0.1) is 0 Å². The van der Waals surface area contributed by atoms with E-state index in [9.17, 15) is 0 Å². The molecule has 1 aromatic heterocycles. The van der Waals surface area contributed by atoms with Crippen molar-refractivity contribution in [2.24, 2.45) is 0 Å². The zero-order valence-corrected chi connectivity index (χ0v) is 8.61. The first-order valence-corrected chi connectivity index (χ1v) is 5.18. The zero-order chi connectivity index (χ0) is 9.26. The maximum Gasteiger partial charge on any atom is 0.0449 e. The largest absolute Gasteiger partial charge is 0.142 e. The molecule has 0 atom stereocenters. The third-order valence-electron chi connectivity index (χ3n) is 2.24. The summed E-state index contributed by atoms with van der Waals surface area (Å²) in [5.74, 6) is 0. The molecule has 0 fully saturated rings. The molecule has 0 nitrogen and oxygen atoms in total. The lowest BCUT2D eigenvalue weighted by Crippen LogP contribution is -1.84. The molecule has 2 aromatic rings. The standard InChI is InChI=1S/C12H11S/c1-9-4-3-5-10(2)12(9)11-6-7-13-8-11/h3-6,8H,1-2H3. The summed E-state index contributed by atoms with van der Waals surface area (Å²) in [6, 6.07) is 8.46. The van der Waals surface area contributed by atoms with E-state index in [1.54, 1.807) is 11.3 Å². The van der Waals surface area contributed by atoms with E-state index in [-0.39, 0.29) is 0 Å². The summed E-state index contributed by atoms with van der Waals surface area (Å²) in [5.41, 5.74) is 5.33. The minimum atomic E-state index is 1.29. The first kappa shape index (κ1) is 8.52. The van der Waals surface area contributed by atoms with Gasteiger partial charge < -0.3 is 0 Å². The van der Waals surface area contributed by atoms with E-state index in [2.05, 4.69) is 48.9 Å². The maximum atomic E-state index is 3.12. The Labute approximate surface area is 82.9 Å². The first-order valence-electron chi connectivity index (χ1n) is 4.30. The molecule has 0 aliphatic heterocycles. The van der Waals surface area contributed by atoms with Gasteiger partial charge in [0.1, 0.15) is 0 Å². The third kappa shape index (κ3) is 1.52. The molecule has 1 radical (unpaired) electrons. The molecule has 1 heteroatoms. The Bertz CT molecular complexity index is 379. The Morgan fingerprint density at radius 3 is 2.38 bits per heavy atom. The van der Waals surface area contributed by atoms with Gasteiger partial charge in [0.25, 0.3) is 0 Å². The van der Waals surface area contributed by atoms with Crippen LogP contribution in [0.1, 0.15) is 11.1 Å². The molecule has 0 N–H and O–H groups in total. The number of aryl methyl sites for hydroxylation is 2. The topological polar surface area (TPSA) is 0 Å². The van der Waals surface area contributed by atoms with Gasteiger partial charge in [0.2, 0.25) is 0 Å². The van der Waals surface area contributed by atoms with Gasteiger partial charge in [0, 0.05) is 5.38 Å². The highest BCUT2D eigenvalue weighted by Gasteiger charge is 2.04. The predicted octanol–water partition coefficient (Wildman–Crippen LogP) is 3.83. The van der Waals surface area contributed by atoms with Gasteiger partial charge in [-0.3, -0.25) is 0 Å². The highest BCUT2D eigenvalue weighted by Crippen LogP contribution is 2.28. The van der Waals surface area contributed by atoms with E-state index in [4.69, 9.17) is 0 Å². The summed E-state index contributed by atoms with van der Waals surface area (Å²) in [7, 11) is 0. The van der Waals surface area contributed by atoms with Gasteiger partial charge >= 0.3 is 0 Å². The van der Waals surface area contributed by atoms with Gasteiger partial charge in [0.15, 0.2) is 0 Å². The van der Waals surface area contributed by atoms with Crippen LogP contribution in [0.2, 0.25) is 0 Å². The molecule has 65 valence electrons. The van der Waals surface area contributed by atoms with Crippen molar-refractivity contribution in [3.63, 3.8) is 0 Å². The minimum Gasteiger partial charge on any atom is -0.142 e. The van der Waals surface area contributed by atoms with E-state index >= 15 is 0 Å². The molecule has 0 spiro atoms. The van der Waals surface area contributed by atoms with Crippen LogP contribution >= 0.6 is 11.3 Å². The molecule has 0 unspecified atom stereocenters. The van der Waals surface area contributed by atoms with Crippen molar-refractivity contribution in [2.75, 3.05) is 0 Å². The van der Waals surface area contributed by atoms with Crippen molar-refractivity contribution in [3.8, 4) is 11.1 Å². The lowest BCUT2D eigenvalue weighted by Gasteiger charge is -2.06. The van der Waals surface area contributed by atoms with Gasteiger partial charge in [-0.2, -0.15) is 0 Å². The Kier molecular flexibility index (Phi) is 2.19. The summed E-state index contributed by atoms with van der Waals surface area (Å²) in [5, 5.41) is 5.27. The molecule has 0 amide bonds. The number of hydrogen-bond acceptors (Lipinski definition) is 1. The summed E-state index contributed by atoms with van der Waals surface area (Å²) in [6.07, 6.45) is 0. The highest BCUT2D eigenvalue weighted by atomic mass is 32.1. The molecular formula is C12H11S. The van der Waals surface area contributed by atoms with Crippen LogP contribution in [-0.4, -0.2) is 0 Å². The average Bonchev–Trinajstić information content (AvgIpc) is 2.57. The fraction of sp³-hybridized carbons (Fsp3) is 0.167. The Balaban J connectivity index is 2.64. The Morgan fingerprint density at radius 1 is 1.15 bits per heavy atom. The van der Waals surface area contributed by atoms with E-state index in [0.717, 1.165) is 0 Å². The monoisotopic (exact) mass is 187 g/mol. The second-order valence-electron chi connectivity index (χ2n) is 3.22. The predicted molar refractivity (Wildman–Crippen MR) is 58.1 cm³/mol. The van der Waals surface area contributed by atoms with E-state index in [0.29, 0.717) is 0 Å². The van der Waals surface area contributed by atoms with Crippen molar-refractivity contribution in [2.45, 2.75) is 13.8 Å². The van der Waals surface area contributed by atoms with Gasteiger partial charge in [-0.15, -0.1) is 11.3 Å². The van der Waals surface area contributed by atoms with Crippen LogP contribution in [-0.2, 0) is 0 Å². The number of benzene rings is 1. The van der Waals surface area contributed by atoms with Crippen LogP contribution < -0.4 is 0 Å². The lowest BCUT2D eigenvalue weighted by molar-refractivity contribution is 1.38. The van der Waals surface area contributed by atoms with E-state index < -0.39 is 0 Å². The second-order valence-corrected chi connectivity index (χ2v) is 3.93. The van der Waals surface area contributed by atoms with Gasteiger partial charge in [-0.25, -0.2) is 0 Å². The quantitative estimate of drug-likeness (QED) is 0.636. The molecule has 0 aliphatic rings. The number of rotatable bonds is 1. The molecule has 0 bridgehead atoms. The Hall–Kier alpha value is -1.08. The minimum absolute atomic E-state index is 1.29. The molecule has 0 aliphatic carbocycles. The van der Waals surface area contributed by atoms with E-state index in [1.165, 1.54) is 22.3 Å². The third-order valence-corrected chi connectivity index (χ3v) is 2.86. The summed E-state index contributed by atoms with van der Waals surface area (Å²) in [4.78, 5) is 0. The van der Waals surface area contributed by atoms with Crippen LogP contribution in [0.15, 0.2) is 29.6 Å². The number of thiophene rings is 1. The molecule has 13 heavy (non-hydrogen) atoms. The van der Waals surface area contributed by atoms with Crippen LogP contribution in [0.3, 0.4) is 0 Å².